The maximum atomic E-state index is 8.53. The first-order chi connectivity index (χ1) is 25.0. The fourth-order valence-corrected chi connectivity index (χ4v) is 6.63. The smallest absolute Gasteiger partial charge is 0.154 e. The van der Waals surface area contributed by atoms with Crippen LogP contribution in [0.1, 0.15) is 16.7 Å². The second-order valence-electron chi connectivity index (χ2n) is 12.7. The van der Waals surface area contributed by atoms with Gasteiger partial charge in [0, 0.05) is 21.9 Å². The minimum absolute atomic E-state index is 0.131. The maximum absolute atomic E-state index is 8.53. The molecule has 0 saturated carbocycles. The van der Waals surface area contributed by atoms with E-state index in [1.165, 1.54) is 16.3 Å². The van der Waals surface area contributed by atoms with Crippen molar-refractivity contribution in [3.05, 3.63) is 193 Å². The van der Waals surface area contributed by atoms with Crippen LogP contribution >= 0.6 is 0 Å². The zero-order chi connectivity index (χ0) is 34.7. The van der Waals surface area contributed by atoms with Gasteiger partial charge in [0.25, 0.3) is 0 Å². The first-order valence-electron chi connectivity index (χ1n) is 17.0. The van der Waals surface area contributed by atoms with E-state index in [0.29, 0.717) is 5.84 Å². The van der Waals surface area contributed by atoms with Crippen molar-refractivity contribution in [3.8, 4) is 22.3 Å². The first-order valence-corrected chi connectivity index (χ1v) is 17.0. The summed E-state index contributed by atoms with van der Waals surface area (Å²) >= 11 is 0. The Balaban J connectivity index is 0.000000480. The highest BCUT2D eigenvalue weighted by Crippen LogP contribution is 2.37. The number of benzene rings is 8. The van der Waals surface area contributed by atoms with E-state index >= 15 is 0 Å². The lowest BCUT2D eigenvalue weighted by molar-refractivity contribution is 0.669. The number of aryl methyl sites for hydroxylation is 1. The van der Waals surface area contributed by atoms with Gasteiger partial charge in [0.1, 0.15) is 17.0 Å². The van der Waals surface area contributed by atoms with Gasteiger partial charge < -0.3 is 10.2 Å². The molecule has 51 heavy (non-hydrogen) atoms. The Bertz CT molecular complexity index is 2710. The highest BCUT2D eigenvalue weighted by Gasteiger charge is 2.14. The largest absolute Gasteiger partial charge is 0.456 e. The summed E-state index contributed by atoms with van der Waals surface area (Å²) in [6.45, 7) is 2.08. The van der Waals surface area contributed by atoms with Gasteiger partial charge in [0.2, 0.25) is 0 Å². The Labute approximate surface area is 296 Å². The highest BCUT2D eigenvalue weighted by atomic mass is 16.3. The van der Waals surface area contributed by atoms with Gasteiger partial charge in [0.15, 0.2) is 5.84 Å². The van der Waals surface area contributed by atoms with Gasteiger partial charge in [-0.25, -0.2) is 4.99 Å². The predicted octanol–water partition coefficient (Wildman–Crippen LogP) is 12.0. The number of rotatable bonds is 4. The third-order valence-corrected chi connectivity index (χ3v) is 9.27. The molecule has 0 amide bonds. The summed E-state index contributed by atoms with van der Waals surface area (Å²) in [5, 5.41) is 15.4. The molecule has 8 aromatic carbocycles. The molecule has 1 heterocycles. The average molecular weight is 658 g/mol. The van der Waals surface area contributed by atoms with Crippen LogP contribution in [0.25, 0.3) is 65.7 Å². The fourth-order valence-electron chi connectivity index (χ4n) is 6.63. The Morgan fingerprint density at radius 1 is 0.529 bits per heavy atom. The van der Waals surface area contributed by atoms with Gasteiger partial charge in [-0.2, -0.15) is 0 Å². The van der Waals surface area contributed by atoms with Crippen LogP contribution in [0, 0.1) is 12.3 Å². The molecule has 0 bridgehead atoms. The molecule has 0 atom stereocenters. The van der Waals surface area contributed by atoms with Crippen LogP contribution in [0.5, 0.6) is 0 Å². The standard InChI is InChI=1S/C40H27N3O.C7H8/c41-39(28-9-2-1-3-10-28)43-40(42)35-23-30-12-5-4-11-29(30)22-34(35)27-16-14-25(15-17-27)31-18-20-33-37(24-31)44-36-21-19-26-8-6-7-13-32(26)38(33)36;1-7-5-3-2-4-6-7/h1-24H,(H3,41,42,43);2-6H,1H3. The topological polar surface area (TPSA) is 75.4 Å². The monoisotopic (exact) mass is 657 g/mol. The number of furan rings is 1. The lowest BCUT2D eigenvalue weighted by Gasteiger charge is -2.13. The number of aliphatic imine (C=N–C) groups is 1. The number of nitrogens with two attached hydrogens (primary N) is 1. The molecule has 0 radical (unpaired) electrons. The van der Waals surface area contributed by atoms with E-state index in [1.54, 1.807) is 0 Å². The average Bonchev–Trinajstić information content (AvgIpc) is 3.57. The van der Waals surface area contributed by atoms with Crippen LogP contribution in [0.4, 0.5) is 0 Å². The molecule has 1 aromatic heterocycles. The molecule has 244 valence electrons. The van der Waals surface area contributed by atoms with Crippen LogP contribution < -0.4 is 5.73 Å². The van der Waals surface area contributed by atoms with Gasteiger partial charge in [0.05, 0.1) is 0 Å². The van der Waals surface area contributed by atoms with E-state index in [-0.39, 0.29) is 5.84 Å². The summed E-state index contributed by atoms with van der Waals surface area (Å²) in [5.41, 5.74) is 15.4. The zero-order valence-electron chi connectivity index (χ0n) is 28.2. The minimum atomic E-state index is 0.131. The summed E-state index contributed by atoms with van der Waals surface area (Å²) in [6, 6.07) is 59.7. The first kappa shape index (κ1) is 31.5. The zero-order valence-corrected chi connectivity index (χ0v) is 28.2. The van der Waals surface area contributed by atoms with Crippen molar-refractivity contribution in [3.63, 3.8) is 0 Å². The summed E-state index contributed by atoms with van der Waals surface area (Å²) in [6.07, 6.45) is 0. The second-order valence-corrected chi connectivity index (χ2v) is 12.7. The van der Waals surface area contributed by atoms with E-state index in [2.05, 4.69) is 127 Å². The highest BCUT2D eigenvalue weighted by molar-refractivity contribution is 6.19. The van der Waals surface area contributed by atoms with Gasteiger partial charge in [-0.05, 0) is 81.1 Å². The van der Waals surface area contributed by atoms with Crippen molar-refractivity contribution in [1.82, 2.24) is 0 Å². The van der Waals surface area contributed by atoms with Crippen molar-refractivity contribution >= 4 is 55.2 Å². The second kappa shape index (κ2) is 13.6. The maximum Gasteiger partial charge on any atom is 0.154 e. The molecule has 0 aliphatic rings. The van der Waals surface area contributed by atoms with Crippen LogP contribution in [-0.4, -0.2) is 11.7 Å². The Morgan fingerprint density at radius 2 is 1.14 bits per heavy atom. The lowest BCUT2D eigenvalue weighted by Crippen LogP contribution is -2.17. The number of nitrogens with zero attached hydrogens (tertiary/aromatic N) is 1. The summed E-state index contributed by atoms with van der Waals surface area (Å²) in [5.74, 6) is 0.443. The van der Waals surface area contributed by atoms with E-state index in [4.69, 9.17) is 15.6 Å². The number of amidine groups is 2. The van der Waals surface area contributed by atoms with Crippen molar-refractivity contribution < 1.29 is 4.42 Å². The molecule has 9 rings (SSSR count). The molecular formula is C47H35N3O. The SMILES string of the molecule is Cc1ccccc1.N=C(N=C(N)c1cc2ccccc2cc1-c1ccc(-c2ccc3c(c2)oc2ccc4ccccc4c23)cc1)c1ccccc1. The predicted molar refractivity (Wildman–Crippen MR) is 215 cm³/mol. The van der Waals surface area contributed by atoms with Crippen molar-refractivity contribution in [2.45, 2.75) is 6.92 Å². The van der Waals surface area contributed by atoms with Crippen LogP contribution in [0.2, 0.25) is 0 Å². The van der Waals surface area contributed by atoms with E-state index in [9.17, 15) is 0 Å². The van der Waals surface area contributed by atoms with Crippen LogP contribution in [-0.2, 0) is 0 Å². The van der Waals surface area contributed by atoms with E-state index < -0.39 is 0 Å². The van der Waals surface area contributed by atoms with E-state index in [1.807, 2.05) is 60.7 Å². The molecule has 3 N–H and O–H groups in total. The normalized spacial score (nSPS) is 11.5. The molecule has 0 saturated heterocycles. The molecule has 0 unspecified atom stereocenters. The van der Waals surface area contributed by atoms with Crippen molar-refractivity contribution in [2.24, 2.45) is 10.7 Å². The third-order valence-electron chi connectivity index (χ3n) is 9.27. The van der Waals surface area contributed by atoms with Crippen LogP contribution in [0.3, 0.4) is 0 Å². The molecular weight excluding hydrogens is 623 g/mol. The van der Waals surface area contributed by atoms with Gasteiger partial charge >= 0.3 is 0 Å². The number of hydrogen-bond acceptors (Lipinski definition) is 2. The molecule has 0 fully saturated rings. The Kier molecular flexibility index (Phi) is 8.41. The molecule has 9 aromatic rings. The van der Waals surface area contributed by atoms with Crippen molar-refractivity contribution in [1.29, 1.82) is 5.41 Å². The molecule has 4 heteroatoms. The van der Waals surface area contributed by atoms with Gasteiger partial charge in [-0.3, -0.25) is 5.41 Å². The quantitative estimate of drug-likeness (QED) is 0.146. The number of fused-ring (bicyclic) bond motifs is 6. The number of nitrogens with one attached hydrogen (secondary N) is 1. The molecule has 4 nitrogen and oxygen atoms in total. The molecule has 0 aliphatic heterocycles. The minimum Gasteiger partial charge on any atom is -0.456 e. The Morgan fingerprint density at radius 3 is 1.84 bits per heavy atom. The van der Waals surface area contributed by atoms with Crippen LogP contribution in [0.15, 0.2) is 185 Å². The number of hydrogen-bond donors (Lipinski definition) is 2. The molecule has 0 spiro atoms. The van der Waals surface area contributed by atoms with E-state index in [0.717, 1.165) is 66.1 Å². The fraction of sp³-hybridized carbons (Fsp3) is 0.0213. The summed E-state index contributed by atoms with van der Waals surface area (Å²) < 4.78 is 6.32. The third kappa shape index (κ3) is 6.39. The Hall–Kier alpha value is -6.78. The lowest BCUT2D eigenvalue weighted by atomic mass is 9.93. The van der Waals surface area contributed by atoms with Crippen molar-refractivity contribution in [2.75, 3.05) is 0 Å². The summed E-state index contributed by atoms with van der Waals surface area (Å²) in [7, 11) is 0. The molecule has 0 aliphatic carbocycles. The van der Waals surface area contributed by atoms with Gasteiger partial charge in [-0.1, -0.05) is 151 Å². The van der Waals surface area contributed by atoms with Gasteiger partial charge in [-0.15, -0.1) is 0 Å². The summed E-state index contributed by atoms with van der Waals surface area (Å²) in [4.78, 5) is 4.51.